The van der Waals surface area contributed by atoms with Gasteiger partial charge in [0.1, 0.15) is 11.5 Å². The van der Waals surface area contributed by atoms with Gasteiger partial charge in [-0.05, 0) is 24.1 Å². The minimum absolute atomic E-state index is 0.166. The van der Waals surface area contributed by atoms with Crippen molar-refractivity contribution in [2.24, 2.45) is 0 Å². The fourth-order valence-electron chi connectivity index (χ4n) is 3.15. The van der Waals surface area contributed by atoms with Crippen LogP contribution in [0.3, 0.4) is 0 Å². The summed E-state index contributed by atoms with van der Waals surface area (Å²) >= 11 is 0. The molecule has 0 aliphatic rings. The van der Waals surface area contributed by atoms with Gasteiger partial charge in [-0.1, -0.05) is 66.7 Å². The summed E-state index contributed by atoms with van der Waals surface area (Å²) in [5.41, 5.74) is 3.64. The van der Waals surface area contributed by atoms with Crippen molar-refractivity contribution < 1.29 is 9.47 Å². The largest absolute Gasteiger partial charge is 0.496 e. The van der Waals surface area contributed by atoms with Gasteiger partial charge in [-0.2, -0.15) is 0 Å². The van der Waals surface area contributed by atoms with E-state index in [0.29, 0.717) is 0 Å². The maximum atomic E-state index is 5.62. The lowest BCUT2D eigenvalue weighted by Crippen LogP contribution is -2.08. The Labute approximate surface area is 143 Å². The molecule has 0 amide bonds. The highest BCUT2D eigenvalue weighted by Crippen LogP contribution is 2.38. The van der Waals surface area contributed by atoms with Gasteiger partial charge in [0.05, 0.1) is 14.2 Å². The van der Waals surface area contributed by atoms with E-state index >= 15 is 0 Å². The lowest BCUT2D eigenvalue weighted by atomic mass is 9.85. The fraction of sp³-hybridized carbons (Fsp3) is 0.182. The zero-order valence-corrected chi connectivity index (χ0v) is 14.1. The third-order valence-electron chi connectivity index (χ3n) is 4.31. The van der Waals surface area contributed by atoms with E-state index in [2.05, 4.69) is 48.5 Å². The molecule has 3 rings (SSSR count). The van der Waals surface area contributed by atoms with Crippen molar-refractivity contribution in [2.75, 3.05) is 14.2 Å². The first-order chi connectivity index (χ1) is 11.8. The van der Waals surface area contributed by atoms with Crippen molar-refractivity contribution in [1.29, 1.82) is 0 Å². The van der Waals surface area contributed by atoms with Crippen LogP contribution < -0.4 is 9.47 Å². The molecule has 0 aliphatic carbocycles. The van der Waals surface area contributed by atoms with Crippen LogP contribution in [-0.2, 0) is 6.42 Å². The average molecular weight is 318 g/mol. The van der Waals surface area contributed by atoms with Gasteiger partial charge < -0.3 is 9.47 Å². The Morgan fingerprint density at radius 3 is 1.58 bits per heavy atom. The second kappa shape index (κ2) is 7.69. The van der Waals surface area contributed by atoms with Crippen LogP contribution in [-0.4, -0.2) is 14.2 Å². The van der Waals surface area contributed by atoms with Crippen molar-refractivity contribution in [3.63, 3.8) is 0 Å². The van der Waals surface area contributed by atoms with Gasteiger partial charge in [-0.25, -0.2) is 0 Å². The average Bonchev–Trinajstić information content (AvgIpc) is 2.67. The molecule has 0 saturated heterocycles. The van der Waals surface area contributed by atoms with Crippen molar-refractivity contribution in [3.8, 4) is 11.5 Å². The zero-order valence-electron chi connectivity index (χ0n) is 14.1. The molecule has 0 N–H and O–H groups in total. The van der Waals surface area contributed by atoms with Gasteiger partial charge >= 0.3 is 0 Å². The molecule has 0 fully saturated rings. The predicted molar refractivity (Wildman–Crippen MR) is 98.0 cm³/mol. The normalized spacial score (nSPS) is 10.6. The summed E-state index contributed by atoms with van der Waals surface area (Å²) in [7, 11) is 3.45. The maximum Gasteiger partial charge on any atom is 0.122 e. The molecule has 0 heterocycles. The molecule has 24 heavy (non-hydrogen) atoms. The van der Waals surface area contributed by atoms with Gasteiger partial charge in [-0.15, -0.1) is 0 Å². The quantitative estimate of drug-likeness (QED) is 0.631. The van der Waals surface area contributed by atoms with E-state index < -0.39 is 0 Å². The molecule has 0 spiro atoms. The Morgan fingerprint density at radius 2 is 1.08 bits per heavy atom. The summed E-state index contributed by atoms with van der Waals surface area (Å²) in [5.74, 6) is 1.98. The Hall–Kier alpha value is -2.74. The van der Waals surface area contributed by atoms with E-state index in [0.717, 1.165) is 17.9 Å². The van der Waals surface area contributed by atoms with Gasteiger partial charge in [0.15, 0.2) is 0 Å². The summed E-state index contributed by atoms with van der Waals surface area (Å²) in [6, 6.07) is 27.0. The first-order valence-corrected chi connectivity index (χ1v) is 8.13. The van der Waals surface area contributed by atoms with Crippen LogP contribution in [0.1, 0.15) is 22.6 Å². The molecule has 0 saturated carbocycles. The first kappa shape index (κ1) is 16.1. The topological polar surface area (TPSA) is 18.5 Å². The van der Waals surface area contributed by atoms with Crippen molar-refractivity contribution in [1.82, 2.24) is 0 Å². The Morgan fingerprint density at radius 1 is 0.625 bits per heavy atom. The van der Waals surface area contributed by atoms with Crippen LogP contribution in [0.4, 0.5) is 0 Å². The highest BCUT2D eigenvalue weighted by atomic mass is 16.5. The minimum Gasteiger partial charge on any atom is -0.496 e. The van der Waals surface area contributed by atoms with Gasteiger partial charge in [0.25, 0.3) is 0 Å². The van der Waals surface area contributed by atoms with E-state index in [1.165, 1.54) is 16.7 Å². The molecule has 122 valence electrons. The molecule has 3 aromatic carbocycles. The van der Waals surface area contributed by atoms with Crippen LogP contribution >= 0.6 is 0 Å². The second-order valence-corrected chi connectivity index (χ2v) is 5.73. The van der Waals surface area contributed by atoms with Crippen molar-refractivity contribution in [2.45, 2.75) is 12.3 Å². The molecule has 3 aromatic rings. The number of rotatable bonds is 6. The number of hydrogen-bond donors (Lipinski definition) is 0. The van der Waals surface area contributed by atoms with E-state index in [-0.39, 0.29) is 5.92 Å². The molecule has 0 aliphatic heterocycles. The van der Waals surface area contributed by atoms with Crippen LogP contribution in [0.15, 0.2) is 78.9 Å². The maximum absolute atomic E-state index is 5.62. The number of para-hydroxylation sites is 2. The van der Waals surface area contributed by atoms with E-state index in [4.69, 9.17) is 9.47 Å². The third kappa shape index (κ3) is 3.43. The van der Waals surface area contributed by atoms with Crippen LogP contribution in [0.2, 0.25) is 0 Å². The summed E-state index contributed by atoms with van der Waals surface area (Å²) in [6.07, 6.45) is 0.890. The smallest absolute Gasteiger partial charge is 0.122 e. The van der Waals surface area contributed by atoms with Crippen LogP contribution in [0.25, 0.3) is 0 Å². The number of methoxy groups -OCH3 is 2. The Balaban J connectivity index is 2.10. The van der Waals surface area contributed by atoms with E-state index in [1.54, 1.807) is 14.2 Å². The number of benzene rings is 3. The summed E-state index contributed by atoms with van der Waals surface area (Å²) in [5, 5.41) is 0. The van der Waals surface area contributed by atoms with E-state index in [9.17, 15) is 0 Å². The molecule has 0 unspecified atom stereocenters. The lowest BCUT2D eigenvalue weighted by Gasteiger charge is -2.22. The molecule has 0 aromatic heterocycles. The molecule has 0 atom stereocenters. The Kier molecular flexibility index (Phi) is 5.17. The minimum atomic E-state index is 0.166. The van der Waals surface area contributed by atoms with Crippen LogP contribution in [0.5, 0.6) is 11.5 Å². The standard InChI is InChI=1S/C22H22O2/c1-23-21-14-8-6-12-18(21)20(16-17-10-4-3-5-11-17)19-13-7-9-15-22(19)24-2/h3-15,20H,16H2,1-2H3. The Bertz CT molecular complexity index is 733. The number of ether oxygens (including phenoxy) is 2. The molecule has 2 heteroatoms. The van der Waals surface area contributed by atoms with Crippen LogP contribution in [0, 0.1) is 0 Å². The summed E-state index contributed by atoms with van der Waals surface area (Å²) in [4.78, 5) is 0. The fourth-order valence-corrected chi connectivity index (χ4v) is 3.15. The first-order valence-electron chi connectivity index (χ1n) is 8.13. The molecular weight excluding hydrogens is 296 g/mol. The molecule has 0 radical (unpaired) electrons. The zero-order chi connectivity index (χ0) is 16.8. The van der Waals surface area contributed by atoms with E-state index in [1.807, 2.05) is 30.3 Å². The van der Waals surface area contributed by atoms with Gasteiger partial charge in [0.2, 0.25) is 0 Å². The molecule has 0 bridgehead atoms. The summed E-state index contributed by atoms with van der Waals surface area (Å²) in [6.45, 7) is 0. The molecular formula is C22H22O2. The SMILES string of the molecule is COc1ccccc1C(Cc1ccccc1)c1ccccc1OC. The monoisotopic (exact) mass is 318 g/mol. The third-order valence-corrected chi connectivity index (χ3v) is 4.31. The van der Waals surface area contributed by atoms with Gasteiger partial charge in [-0.3, -0.25) is 0 Å². The predicted octanol–water partition coefficient (Wildman–Crippen LogP) is 5.08. The van der Waals surface area contributed by atoms with Gasteiger partial charge in [0, 0.05) is 17.0 Å². The number of hydrogen-bond acceptors (Lipinski definition) is 2. The highest BCUT2D eigenvalue weighted by molar-refractivity contribution is 5.48. The summed E-state index contributed by atoms with van der Waals surface area (Å²) < 4.78 is 11.2. The van der Waals surface area contributed by atoms with Crippen molar-refractivity contribution >= 4 is 0 Å². The molecule has 2 nitrogen and oxygen atoms in total. The van der Waals surface area contributed by atoms with Crippen molar-refractivity contribution in [3.05, 3.63) is 95.6 Å². The second-order valence-electron chi connectivity index (χ2n) is 5.73. The highest BCUT2D eigenvalue weighted by Gasteiger charge is 2.21. The lowest BCUT2D eigenvalue weighted by molar-refractivity contribution is 0.399.